The van der Waals surface area contributed by atoms with Crippen molar-refractivity contribution in [2.75, 3.05) is 0 Å². The molecule has 0 aliphatic carbocycles. The Balaban J connectivity index is 2.17. The summed E-state index contributed by atoms with van der Waals surface area (Å²) in [6, 6.07) is 28.7. The van der Waals surface area contributed by atoms with Crippen molar-refractivity contribution in [1.82, 2.24) is 0 Å². The number of nitrogens with zero attached hydrogens (tertiary/aromatic N) is 2. The van der Waals surface area contributed by atoms with Crippen LogP contribution in [0.3, 0.4) is 0 Å². The van der Waals surface area contributed by atoms with E-state index in [9.17, 15) is 10.5 Å². The Bertz CT molecular complexity index is 1330. The third-order valence-electron chi connectivity index (χ3n) is 5.08. The van der Waals surface area contributed by atoms with E-state index in [1.807, 2.05) is 60.7 Å². The lowest BCUT2D eigenvalue weighted by atomic mass is 9.90. The minimum atomic E-state index is 0.686. The maximum atomic E-state index is 9.56. The molecule has 2 nitrogen and oxygen atoms in total. The Hall–Kier alpha value is -3.88. The monoisotopic (exact) mass is 328 g/mol. The van der Waals surface area contributed by atoms with E-state index in [1.54, 1.807) is 0 Å². The van der Waals surface area contributed by atoms with Crippen LogP contribution in [0.4, 0.5) is 0 Å². The van der Waals surface area contributed by atoms with Crippen LogP contribution in [0, 0.1) is 22.7 Å². The van der Waals surface area contributed by atoms with E-state index in [4.69, 9.17) is 0 Å². The molecule has 26 heavy (non-hydrogen) atoms. The number of hydrogen-bond acceptors (Lipinski definition) is 2. The molecule has 0 N–H and O–H groups in total. The molecule has 0 amide bonds. The lowest BCUT2D eigenvalue weighted by molar-refractivity contribution is 1.51. The lowest BCUT2D eigenvalue weighted by Crippen LogP contribution is -1.88. The van der Waals surface area contributed by atoms with Crippen LogP contribution in [-0.2, 0) is 0 Å². The Kier molecular flexibility index (Phi) is 2.95. The number of nitriles is 2. The molecule has 5 aromatic rings. The van der Waals surface area contributed by atoms with Crippen LogP contribution in [-0.4, -0.2) is 0 Å². The Morgan fingerprint density at radius 2 is 0.885 bits per heavy atom. The van der Waals surface area contributed by atoms with Gasteiger partial charge in [-0.2, -0.15) is 10.5 Å². The first-order valence-corrected chi connectivity index (χ1v) is 8.42. The molecule has 118 valence electrons. The Labute approximate surface area is 150 Å². The summed E-state index contributed by atoms with van der Waals surface area (Å²) in [5.41, 5.74) is 1.37. The molecule has 0 saturated carbocycles. The maximum Gasteiger partial charge on any atom is 0.0998 e. The molecule has 0 aliphatic rings. The zero-order chi connectivity index (χ0) is 17.7. The van der Waals surface area contributed by atoms with Gasteiger partial charge in [0.25, 0.3) is 0 Å². The highest BCUT2D eigenvalue weighted by Gasteiger charge is 2.13. The van der Waals surface area contributed by atoms with Gasteiger partial charge in [0, 0.05) is 10.8 Å². The summed E-state index contributed by atoms with van der Waals surface area (Å²) in [7, 11) is 0. The van der Waals surface area contributed by atoms with Crippen LogP contribution >= 0.6 is 0 Å². The maximum absolute atomic E-state index is 9.56. The van der Waals surface area contributed by atoms with Gasteiger partial charge in [0.05, 0.1) is 23.3 Å². The number of hydrogen-bond donors (Lipinski definition) is 0. The first-order chi connectivity index (χ1) is 12.8. The van der Waals surface area contributed by atoms with Crippen LogP contribution in [0.1, 0.15) is 11.1 Å². The Morgan fingerprint density at radius 1 is 0.500 bits per heavy atom. The molecule has 5 aromatic carbocycles. The molecule has 0 spiro atoms. The van der Waals surface area contributed by atoms with Gasteiger partial charge in [-0.25, -0.2) is 0 Å². The zero-order valence-corrected chi connectivity index (χ0v) is 13.8. The van der Waals surface area contributed by atoms with E-state index in [2.05, 4.69) is 24.3 Å². The minimum Gasteiger partial charge on any atom is -0.192 e. The van der Waals surface area contributed by atoms with Crippen LogP contribution in [0.25, 0.3) is 43.1 Å². The van der Waals surface area contributed by atoms with E-state index in [0.717, 1.165) is 43.1 Å². The fraction of sp³-hybridized carbons (Fsp3) is 0. The van der Waals surface area contributed by atoms with Crippen molar-refractivity contribution >= 4 is 43.1 Å². The summed E-state index contributed by atoms with van der Waals surface area (Å²) in [6.07, 6.45) is 0. The van der Waals surface area contributed by atoms with Crippen molar-refractivity contribution in [2.45, 2.75) is 0 Å². The molecule has 0 heterocycles. The summed E-state index contributed by atoms with van der Waals surface area (Å²) >= 11 is 0. The predicted octanol–water partition coefficient (Wildman–Crippen LogP) is 6.04. The second-order valence-electron chi connectivity index (χ2n) is 6.42. The first kappa shape index (κ1) is 14.5. The predicted molar refractivity (Wildman–Crippen MR) is 106 cm³/mol. The quantitative estimate of drug-likeness (QED) is 0.325. The molecule has 0 aliphatic heterocycles. The molecule has 5 rings (SSSR count). The van der Waals surface area contributed by atoms with Crippen LogP contribution < -0.4 is 0 Å². The van der Waals surface area contributed by atoms with Crippen molar-refractivity contribution < 1.29 is 0 Å². The summed E-state index contributed by atoms with van der Waals surface area (Å²) < 4.78 is 0. The van der Waals surface area contributed by atoms with Gasteiger partial charge in [-0.3, -0.25) is 0 Å². The summed E-state index contributed by atoms with van der Waals surface area (Å²) in [4.78, 5) is 0. The van der Waals surface area contributed by atoms with Crippen molar-refractivity contribution in [3.63, 3.8) is 0 Å². The summed E-state index contributed by atoms with van der Waals surface area (Å²) in [5, 5.41) is 27.6. The highest BCUT2D eigenvalue weighted by atomic mass is 14.3. The molecular weight excluding hydrogens is 316 g/mol. The number of benzene rings is 5. The van der Waals surface area contributed by atoms with Crippen molar-refractivity contribution in [3.8, 4) is 12.1 Å². The molecule has 0 unspecified atom stereocenters. The summed E-state index contributed by atoms with van der Waals surface area (Å²) in [6.45, 7) is 0. The number of rotatable bonds is 0. The van der Waals surface area contributed by atoms with E-state index in [-0.39, 0.29) is 0 Å². The van der Waals surface area contributed by atoms with E-state index in [1.165, 1.54) is 0 Å². The SMILES string of the molecule is N#Cc1cc2ccc3cc(C#N)c4ccccc4c3c2c2ccccc12. The molecular formula is C24H12N2. The van der Waals surface area contributed by atoms with Crippen molar-refractivity contribution in [2.24, 2.45) is 0 Å². The highest BCUT2D eigenvalue weighted by Crippen LogP contribution is 2.38. The molecule has 2 heteroatoms. The van der Waals surface area contributed by atoms with E-state index < -0.39 is 0 Å². The molecule has 0 atom stereocenters. The molecule has 0 fully saturated rings. The van der Waals surface area contributed by atoms with Gasteiger partial charge in [-0.15, -0.1) is 0 Å². The van der Waals surface area contributed by atoms with Gasteiger partial charge in [-0.1, -0.05) is 60.7 Å². The van der Waals surface area contributed by atoms with Gasteiger partial charge < -0.3 is 0 Å². The van der Waals surface area contributed by atoms with E-state index in [0.29, 0.717) is 11.1 Å². The van der Waals surface area contributed by atoms with E-state index >= 15 is 0 Å². The molecule has 0 bridgehead atoms. The second-order valence-corrected chi connectivity index (χ2v) is 6.42. The van der Waals surface area contributed by atoms with Crippen LogP contribution in [0.2, 0.25) is 0 Å². The lowest BCUT2D eigenvalue weighted by Gasteiger charge is -2.12. The van der Waals surface area contributed by atoms with Crippen molar-refractivity contribution in [3.05, 3.63) is 83.9 Å². The first-order valence-electron chi connectivity index (χ1n) is 8.42. The van der Waals surface area contributed by atoms with Crippen molar-refractivity contribution in [1.29, 1.82) is 10.5 Å². The molecule has 0 saturated heterocycles. The van der Waals surface area contributed by atoms with Gasteiger partial charge >= 0.3 is 0 Å². The van der Waals surface area contributed by atoms with Gasteiger partial charge in [0.1, 0.15) is 0 Å². The summed E-state index contributed by atoms with van der Waals surface area (Å²) in [5.74, 6) is 0. The van der Waals surface area contributed by atoms with Gasteiger partial charge in [0.2, 0.25) is 0 Å². The average molecular weight is 328 g/mol. The fourth-order valence-electron chi connectivity index (χ4n) is 3.98. The van der Waals surface area contributed by atoms with Gasteiger partial charge in [-0.05, 0) is 44.5 Å². The topological polar surface area (TPSA) is 47.6 Å². The largest absolute Gasteiger partial charge is 0.192 e. The normalized spacial score (nSPS) is 11.0. The number of fused-ring (bicyclic) bond motifs is 7. The van der Waals surface area contributed by atoms with Crippen LogP contribution in [0.5, 0.6) is 0 Å². The molecule has 0 radical (unpaired) electrons. The second kappa shape index (κ2) is 5.31. The Morgan fingerprint density at radius 3 is 1.27 bits per heavy atom. The molecule has 0 aromatic heterocycles. The third kappa shape index (κ3) is 1.85. The standard InChI is InChI=1S/C24H12N2/c25-13-17-11-15-9-10-16-12-18(14-26)20-6-2-4-8-22(20)24(16)23(15)21-7-3-1-5-19(17)21/h1-12H. The fourth-order valence-corrected chi connectivity index (χ4v) is 3.98. The average Bonchev–Trinajstić information content (AvgIpc) is 2.71. The van der Waals surface area contributed by atoms with Gasteiger partial charge in [0.15, 0.2) is 0 Å². The smallest absolute Gasteiger partial charge is 0.0998 e. The minimum absolute atomic E-state index is 0.686. The zero-order valence-electron chi connectivity index (χ0n) is 13.8. The van der Waals surface area contributed by atoms with Crippen LogP contribution in [0.15, 0.2) is 72.8 Å². The third-order valence-corrected chi connectivity index (χ3v) is 5.08. The highest BCUT2D eigenvalue weighted by molar-refractivity contribution is 6.28.